The Labute approximate surface area is 269 Å². The molecule has 0 aliphatic heterocycles. The van der Waals surface area contributed by atoms with Gasteiger partial charge in [-0.2, -0.15) is 0 Å². The number of rotatable bonds is 2. The number of halogens is 2. The molecule has 8 aromatic rings. The van der Waals surface area contributed by atoms with Crippen molar-refractivity contribution in [3.63, 3.8) is 0 Å². The van der Waals surface area contributed by atoms with Gasteiger partial charge in [-0.05, 0) is 62.3 Å². The summed E-state index contributed by atoms with van der Waals surface area (Å²) in [6, 6.07) is 43.4. The fourth-order valence-corrected chi connectivity index (χ4v) is 6.25. The molecule has 2 aromatic heterocycles. The van der Waals surface area contributed by atoms with Crippen LogP contribution in [0.3, 0.4) is 0 Å². The van der Waals surface area contributed by atoms with Crippen LogP contribution in [-0.2, 0) is 17.0 Å². The van der Waals surface area contributed by atoms with Crippen molar-refractivity contribution in [1.82, 2.24) is 9.13 Å². The second kappa shape index (κ2) is 12.6. The molecule has 0 amide bonds. The van der Waals surface area contributed by atoms with Gasteiger partial charge in [-0.25, -0.2) is 0 Å². The van der Waals surface area contributed by atoms with E-state index in [-0.39, 0.29) is 0 Å². The molecule has 0 N–H and O–H groups in total. The summed E-state index contributed by atoms with van der Waals surface area (Å²) >= 11 is -0.556. The maximum atomic E-state index is 4.89. The Morgan fingerprint density at radius 2 is 0.860 bits per heavy atom. The summed E-state index contributed by atoms with van der Waals surface area (Å²) < 4.78 is 4.73. The Morgan fingerprint density at radius 1 is 0.512 bits per heavy atom. The number of aryl methyl sites for hydroxylation is 2. The van der Waals surface area contributed by atoms with Gasteiger partial charge in [0.1, 0.15) is 0 Å². The van der Waals surface area contributed by atoms with Gasteiger partial charge in [0, 0.05) is 22.2 Å². The van der Waals surface area contributed by atoms with Crippen molar-refractivity contribution in [3.05, 3.63) is 144 Å². The van der Waals surface area contributed by atoms with E-state index < -0.39 is 17.0 Å². The maximum absolute atomic E-state index is 4.89. The van der Waals surface area contributed by atoms with Gasteiger partial charge in [0.05, 0.1) is 11.0 Å². The average Bonchev–Trinajstić information content (AvgIpc) is 3.76. The van der Waals surface area contributed by atoms with E-state index in [1.165, 1.54) is 77.2 Å². The van der Waals surface area contributed by atoms with E-state index in [1.54, 1.807) is 0 Å². The number of nitrogens with zero attached hydrogens (tertiary/aromatic N) is 2. The topological polar surface area (TPSA) is 9.86 Å². The van der Waals surface area contributed by atoms with Crippen molar-refractivity contribution in [1.29, 1.82) is 0 Å². The van der Waals surface area contributed by atoms with Crippen LogP contribution in [0.1, 0.15) is 22.5 Å². The Kier molecular flexibility index (Phi) is 8.66. The third-order valence-electron chi connectivity index (χ3n) is 8.58. The first-order chi connectivity index (χ1) is 20.9. The molecule has 43 heavy (non-hydrogen) atoms. The molecular formula is C38H32Cl2N2Ti-2. The number of aromatic nitrogens is 2. The summed E-state index contributed by atoms with van der Waals surface area (Å²) in [5, 5.41) is 7.90. The summed E-state index contributed by atoms with van der Waals surface area (Å²) in [6.45, 7) is 8.81. The Morgan fingerprint density at radius 3 is 1.26 bits per heavy atom. The molecule has 214 valence electrons. The average molecular weight is 635 g/mol. The van der Waals surface area contributed by atoms with Crippen LogP contribution in [0.25, 0.3) is 54.7 Å². The number of hydrogen-bond acceptors (Lipinski definition) is 0. The van der Waals surface area contributed by atoms with Gasteiger partial charge in [-0.15, -0.1) is 82.2 Å². The van der Waals surface area contributed by atoms with E-state index in [9.17, 15) is 0 Å². The zero-order valence-corrected chi connectivity index (χ0v) is 27.8. The van der Waals surface area contributed by atoms with Crippen LogP contribution in [0.15, 0.2) is 121 Å². The Balaban J connectivity index is 0.000000141. The molecule has 0 aliphatic rings. The van der Waals surface area contributed by atoms with Crippen LogP contribution in [0.2, 0.25) is 0 Å². The van der Waals surface area contributed by atoms with E-state index >= 15 is 0 Å². The van der Waals surface area contributed by atoms with Crippen molar-refractivity contribution >= 4 is 62.0 Å². The van der Waals surface area contributed by atoms with Crippen molar-refractivity contribution in [3.8, 4) is 11.4 Å². The van der Waals surface area contributed by atoms with Crippen molar-refractivity contribution < 1.29 is 17.0 Å². The van der Waals surface area contributed by atoms with Gasteiger partial charge < -0.3 is 9.13 Å². The number of para-hydroxylation sites is 2. The van der Waals surface area contributed by atoms with Gasteiger partial charge in [-0.3, -0.25) is 0 Å². The molecule has 0 fully saturated rings. The van der Waals surface area contributed by atoms with E-state index in [0.29, 0.717) is 0 Å². The molecule has 0 aliphatic carbocycles. The van der Waals surface area contributed by atoms with Crippen LogP contribution < -0.4 is 0 Å². The number of fused-ring (bicyclic) bond motifs is 4. The molecule has 6 aromatic carbocycles. The van der Waals surface area contributed by atoms with E-state index in [2.05, 4.69) is 158 Å². The summed E-state index contributed by atoms with van der Waals surface area (Å²) in [5.41, 5.74) is 10.5. The third-order valence-corrected chi connectivity index (χ3v) is 8.58. The fraction of sp³-hybridized carbons (Fsp3) is 0.105. The summed E-state index contributed by atoms with van der Waals surface area (Å²) in [5.74, 6) is 0. The third kappa shape index (κ3) is 5.50. The van der Waals surface area contributed by atoms with Crippen molar-refractivity contribution in [2.75, 3.05) is 0 Å². The molecule has 2 heterocycles. The molecule has 0 unspecified atom stereocenters. The van der Waals surface area contributed by atoms with Crippen LogP contribution in [-0.4, -0.2) is 9.13 Å². The van der Waals surface area contributed by atoms with Gasteiger partial charge in [0.15, 0.2) is 0 Å². The van der Waals surface area contributed by atoms with Gasteiger partial charge in [0.2, 0.25) is 0 Å². The SMILES string of the molecule is Cc1c(C)n(-c2cc3ccccc3[cH-]2)c2ccccc12.Cc1c(C)n(-c2cc3ccccc3[cH-]2)c2ccccc12.[Cl][Ti][Cl]. The fourth-order valence-electron chi connectivity index (χ4n) is 6.25. The molecule has 2 nitrogen and oxygen atoms in total. The normalized spacial score (nSPS) is 11.0. The van der Waals surface area contributed by atoms with E-state index in [0.717, 1.165) is 0 Å². The second-order valence-electron chi connectivity index (χ2n) is 10.9. The quantitative estimate of drug-likeness (QED) is 0.132. The summed E-state index contributed by atoms with van der Waals surface area (Å²) in [6.07, 6.45) is 0. The van der Waals surface area contributed by atoms with Gasteiger partial charge >= 0.3 is 35.6 Å². The molecule has 8 rings (SSSR count). The first kappa shape index (κ1) is 29.5. The minimum atomic E-state index is -0.556. The summed E-state index contributed by atoms with van der Waals surface area (Å²) in [4.78, 5) is 0. The van der Waals surface area contributed by atoms with Crippen LogP contribution in [0.4, 0.5) is 0 Å². The number of benzene rings is 4. The molecule has 0 radical (unpaired) electrons. The van der Waals surface area contributed by atoms with E-state index in [4.69, 9.17) is 18.6 Å². The molecule has 0 bridgehead atoms. The zero-order valence-electron chi connectivity index (χ0n) is 24.7. The monoisotopic (exact) mass is 634 g/mol. The van der Waals surface area contributed by atoms with Crippen LogP contribution >= 0.6 is 18.6 Å². The standard InChI is InChI=1S/2C19H16N.2ClH.Ti/c2*1-13-14(2)20(19-10-6-5-9-18(13)19)17-11-15-7-3-4-8-16(15)12-17;;;/h2*3-12H,1-2H3;2*1H;/q2*-1;;;+2/p-2. The van der Waals surface area contributed by atoms with Crippen LogP contribution in [0.5, 0.6) is 0 Å². The molecular weight excluding hydrogens is 603 g/mol. The molecule has 0 saturated carbocycles. The molecule has 0 atom stereocenters. The van der Waals surface area contributed by atoms with E-state index in [1.807, 2.05) is 0 Å². The first-order valence-corrected chi connectivity index (χ1v) is 18.6. The predicted molar refractivity (Wildman–Crippen MR) is 183 cm³/mol. The van der Waals surface area contributed by atoms with Gasteiger partial charge in [-0.1, -0.05) is 48.5 Å². The predicted octanol–water partition coefficient (Wildman–Crippen LogP) is 11.6. The zero-order chi connectivity index (χ0) is 30.1. The molecule has 5 heteroatoms. The summed E-state index contributed by atoms with van der Waals surface area (Å²) in [7, 11) is 9.78. The van der Waals surface area contributed by atoms with Crippen LogP contribution in [0, 0.1) is 27.7 Å². The second-order valence-corrected chi connectivity index (χ2v) is 13.5. The first-order valence-electron chi connectivity index (χ1n) is 14.3. The Hall–Kier alpha value is -3.53. The van der Waals surface area contributed by atoms with Crippen molar-refractivity contribution in [2.45, 2.75) is 27.7 Å². The Bertz CT molecular complexity index is 1970. The van der Waals surface area contributed by atoms with Gasteiger partial charge in [0.25, 0.3) is 0 Å². The molecule has 0 spiro atoms. The number of hydrogen-bond donors (Lipinski definition) is 0. The molecule has 0 saturated heterocycles. The van der Waals surface area contributed by atoms with Crippen molar-refractivity contribution in [2.24, 2.45) is 0 Å². The minimum absolute atomic E-state index is 0.556.